The van der Waals surface area contributed by atoms with Gasteiger partial charge in [0.2, 0.25) is 0 Å². The van der Waals surface area contributed by atoms with Crippen LogP contribution in [0.2, 0.25) is 0 Å². The predicted octanol–water partition coefficient (Wildman–Crippen LogP) is 2.71. The highest BCUT2D eigenvalue weighted by Crippen LogP contribution is 2.48. The summed E-state index contributed by atoms with van der Waals surface area (Å²) >= 11 is 1.43. The summed E-state index contributed by atoms with van der Waals surface area (Å²) in [6, 6.07) is 2.48. The number of aromatic nitrogens is 2. The Balaban J connectivity index is 1.47. The number of amides is 1. The highest BCUT2D eigenvalue weighted by atomic mass is 32.2. The third kappa shape index (κ3) is 3.20. The van der Waals surface area contributed by atoms with E-state index in [0.717, 1.165) is 22.3 Å². The van der Waals surface area contributed by atoms with Crippen LogP contribution >= 0.6 is 11.8 Å². The lowest BCUT2D eigenvalue weighted by atomic mass is 9.79. The number of benzene rings is 1. The fraction of sp³-hybridized carbons (Fsp3) is 0.429. The van der Waals surface area contributed by atoms with Crippen molar-refractivity contribution in [1.29, 1.82) is 0 Å². The third-order valence-electron chi connectivity index (χ3n) is 8.81. The first-order valence-corrected chi connectivity index (χ1v) is 14.0. The minimum Gasteiger partial charge on any atom is -0.458 e. The Morgan fingerprint density at radius 3 is 2.74 bits per heavy atom. The van der Waals surface area contributed by atoms with Gasteiger partial charge in [0, 0.05) is 33.2 Å². The number of carbonyl (C=O) groups excluding carboxylic acids is 2. The normalized spacial score (nSPS) is 23.9. The molecule has 1 fully saturated rings. The molecule has 0 bridgehead atoms. The molecule has 1 saturated carbocycles. The summed E-state index contributed by atoms with van der Waals surface area (Å²) in [7, 11) is 0. The van der Waals surface area contributed by atoms with Crippen LogP contribution in [-0.4, -0.2) is 43.0 Å². The van der Waals surface area contributed by atoms with E-state index in [9.17, 15) is 24.6 Å². The van der Waals surface area contributed by atoms with Gasteiger partial charge in [0.05, 0.1) is 35.1 Å². The number of esters is 1. The van der Waals surface area contributed by atoms with Gasteiger partial charge < -0.3 is 24.8 Å². The maximum atomic E-state index is 15.0. The number of aliphatic hydroxyl groups is 2. The third-order valence-corrected chi connectivity index (χ3v) is 10.1. The Morgan fingerprint density at radius 2 is 2.05 bits per heavy atom. The first-order chi connectivity index (χ1) is 18.6. The molecular weight excluding hydrogens is 525 g/mol. The zero-order chi connectivity index (χ0) is 27.4. The molecule has 0 unspecified atom stereocenters. The number of cyclic esters (lactones) is 1. The maximum Gasteiger partial charge on any atom is 0.343 e. The largest absolute Gasteiger partial charge is 0.458 e. The van der Waals surface area contributed by atoms with Crippen LogP contribution in [-0.2, 0) is 33.1 Å². The average molecular weight is 552 g/mol. The predicted molar refractivity (Wildman–Crippen MR) is 140 cm³/mol. The number of hydrogen-bond acceptors (Lipinski definition) is 8. The van der Waals surface area contributed by atoms with Crippen molar-refractivity contribution < 1.29 is 28.9 Å². The van der Waals surface area contributed by atoms with Gasteiger partial charge in [-0.1, -0.05) is 6.92 Å². The zero-order valence-electron chi connectivity index (χ0n) is 21.4. The van der Waals surface area contributed by atoms with Crippen molar-refractivity contribution in [2.24, 2.45) is 0 Å². The molecular formula is C28H26FN3O6S. The molecule has 5 heterocycles. The molecule has 0 spiro atoms. The molecule has 2 atom stereocenters. The van der Waals surface area contributed by atoms with E-state index in [1.165, 1.54) is 22.4 Å². The number of rotatable bonds is 3. The summed E-state index contributed by atoms with van der Waals surface area (Å²) in [5.41, 5.74) is -0.137. The summed E-state index contributed by atoms with van der Waals surface area (Å²) in [6.45, 7) is 3.26. The number of nitrogens with zero attached hydrogens (tertiary/aromatic N) is 2. The molecule has 3 N–H and O–H groups in total. The van der Waals surface area contributed by atoms with Crippen LogP contribution < -0.4 is 10.9 Å². The van der Waals surface area contributed by atoms with Gasteiger partial charge in [-0.2, -0.15) is 0 Å². The van der Waals surface area contributed by atoms with Crippen molar-refractivity contribution in [3.8, 4) is 11.4 Å². The Kier molecular flexibility index (Phi) is 5.15. The zero-order valence-corrected chi connectivity index (χ0v) is 22.2. The molecule has 0 saturated heterocycles. The fourth-order valence-corrected chi connectivity index (χ4v) is 7.53. The van der Waals surface area contributed by atoms with Crippen molar-refractivity contribution in [3.05, 3.63) is 56.1 Å². The van der Waals surface area contributed by atoms with Crippen molar-refractivity contribution in [2.45, 2.75) is 74.8 Å². The Labute approximate surface area is 226 Å². The summed E-state index contributed by atoms with van der Waals surface area (Å²) in [4.78, 5) is 44.8. The number of halogens is 1. The first kappa shape index (κ1) is 24.7. The Morgan fingerprint density at radius 1 is 1.28 bits per heavy atom. The number of pyridine rings is 2. The van der Waals surface area contributed by atoms with E-state index in [-0.39, 0.29) is 30.7 Å². The van der Waals surface area contributed by atoms with Crippen LogP contribution in [0.15, 0.2) is 21.8 Å². The number of carbonyl (C=O) groups is 2. The number of ether oxygens (including phenoxy) is 1. The van der Waals surface area contributed by atoms with E-state index in [0.29, 0.717) is 46.6 Å². The number of nitrogens with one attached hydrogen (secondary N) is 1. The molecule has 1 amide bonds. The van der Waals surface area contributed by atoms with Crippen molar-refractivity contribution in [1.82, 2.24) is 14.9 Å². The molecule has 39 heavy (non-hydrogen) atoms. The molecule has 9 nitrogen and oxygen atoms in total. The lowest BCUT2D eigenvalue weighted by molar-refractivity contribution is -0.172. The Hall–Kier alpha value is -3.28. The average Bonchev–Trinajstić information content (AvgIpc) is 3.27. The highest BCUT2D eigenvalue weighted by Gasteiger charge is 2.47. The van der Waals surface area contributed by atoms with Crippen LogP contribution in [0.3, 0.4) is 0 Å². The second kappa shape index (κ2) is 8.12. The second-order valence-electron chi connectivity index (χ2n) is 10.9. The van der Waals surface area contributed by atoms with E-state index in [1.54, 1.807) is 19.9 Å². The smallest absolute Gasteiger partial charge is 0.343 e. The maximum absolute atomic E-state index is 15.0. The fourth-order valence-electron chi connectivity index (χ4n) is 6.27. The standard InChI is InChI=1S/C28H26FN3O6S/c1-3-28(37)15-7-19-22-13(9-32(19)24(33)14(15)10-38-26(28)35)20-18(31-25(34)27(36)5-4-6-27)11-39-23-12(2)16(29)8-17(30-22)21(20)23/h7-8,18,36-37H,3-6,9-11H2,1-2H3,(H,31,34)/t18-,28-/m0/s1. The lowest BCUT2D eigenvalue weighted by Gasteiger charge is -2.37. The van der Waals surface area contributed by atoms with Crippen molar-refractivity contribution in [2.75, 3.05) is 5.75 Å². The lowest BCUT2D eigenvalue weighted by Crippen LogP contribution is -2.53. The molecule has 202 valence electrons. The Bertz CT molecular complexity index is 1710. The topological polar surface area (TPSA) is 131 Å². The molecule has 1 aliphatic carbocycles. The molecule has 2 aromatic heterocycles. The van der Waals surface area contributed by atoms with Gasteiger partial charge in [0.15, 0.2) is 5.60 Å². The van der Waals surface area contributed by atoms with Gasteiger partial charge in [0.1, 0.15) is 18.0 Å². The minimum atomic E-state index is -1.96. The summed E-state index contributed by atoms with van der Waals surface area (Å²) in [5.74, 6) is -1.23. The van der Waals surface area contributed by atoms with Gasteiger partial charge in [0.25, 0.3) is 11.5 Å². The molecule has 4 aliphatic rings. The molecule has 11 heteroatoms. The van der Waals surface area contributed by atoms with Crippen LogP contribution in [0, 0.1) is 12.7 Å². The van der Waals surface area contributed by atoms with Crippen LogP contribution in [0.5, 0.6) is 0 Å². The summed E-state index contributed by atoms with van der Waals surface area (Å²) in [6.07, 6.45) is 1.60. The van der Waals surface area contributed by atoms with E-state index in [2.05, 4.69) is 5.32 Å². The number of fused-ring (bicyclic) bond motifs is 5. The molecule has 1 aromatic carbocycles. The van der Waals surface area contributed by atoms with Gasteiger partial charge in [-0.15, -0.1) is 11.8 Å². The van der Waals surface area contributed by atoms with E-state index in [4.69, 9.17) is 9.72 Å². The first-order valence-electron chi connectivity index (χ1n) is 13.1. The number of thioether (sulfide) groups is 1. The highest BCUT2D eigenvalue weighted by molar-refractivity contribution is 7.99. The monoisotopic (exact) mass is 551 g/mol. The number of hydrogen-bond donors (Lipinski definition) is 3. The van der Waals surface area contributed by atoms with Crippen molar-refractivity contribution >= 4 is 34.5 Å². The van der Waals surface area contributed by atoms with E-state index in [1.807, 2.05) is 0 Å². The van der Waals surface area contributed by atoms with E-state index >= 15 is 4.39 Å². The van der Waals surface area contributed by atoms with Crippen LogP contribution in [0.1, 0.15) is 66.5 Å². The van der Waals surface area contributed by atoms with Gasteiger partial charge in [-0.05, 0) is 49.8 Å². The molecule has 3 aromatic rings. The van der Waals surface area contributed by atoms with Crippen LogP contribution in [0.4, 0.5) is 4.39 Å². The summed E-state index contributed by atoms with van der Waals surface area (Å²) in [5, 5.41) is 25.6. The van der Waals surface area contributed by atoms with Crippen molar-refractivity contribution in [3.63, 3.8) is 0 Å². The van der Waals surface area contributed by atoms with Gasteiger partial charge in [-0.3, -0.25) is 9.59 Å². The molecule has 0 radical (unpaired) electrons. The SMILES string of the molecule is CC[C@@]1(O)C(=O)OCc2c1cc1n(c2=O)Cc2c-1nc1cc(F)c(C)c3c1c2[C@@H](NC(=O)C1(O)CCC1)CS3. The van der Waals surface area contributed by atoms with Gasteiger partial charge >= 0.3 is 5.97 Å². The molecule has 3 aliphatic heterocycles. The second-order valence-corrected chi connectivity index (χ2v) is 11.9. The van der Waals surface area contributed by atoms with E-state index < -0.39 is 40.5 Å². The minimum absolute atomic E-state index is 0.0209. The van der Waals surface area contributed by atoms with Crippen LogP contribution in [0.25, 0.3) is 22.3 Å². The molecule has 7 rings (SSSR count). The quantitative estimate of drug-likeness (QED) is 0.332. The van der Waals surface area contributed by atoms with Gasteiger partial charge in [-0.25, -0.2) is 14.2 Å². The summed E-state index contributed by atoms with van der Waals surface area (Å²) < 4.78 is 21.7.